The Labute approximate surface area is 147 Å². The fraction of sp³-hybridized carbons (Fsp3) is 0.471. The third kappa shape index (κ3) is 3.73. The molecule has 25 heavy (non-hydrogen) atoms. The summed E-state index contributed by atoms with van der Waals surface area (Å²) in [5, 5.41) is 8.22. The zero-order valence-corrected chi connectivity index (χ0v) is 15.1. The number of anilines is 1. The molecule has 0 spiro atoms. The van der Waals surface area contributed by atoms with Gasteiger partial charge in [0.1, 0.15) is 5.71 Å². The van der Waals surface area contributed by atoms with Gasteiger partial charge in [-0.1, -0.05) is 12.1 Å². The molecule has 0 radical (unpaired) electrons. The van der Waals surface area contributed by atoms with E-state index in [-0.39, 0.29) is 41.9 Å². The molecule has 2 heterocycles. The number of hydrogen-bond acceptors (Lipinski definition) is 5. The molecule has 0 aliphatic carbocycles. The average molecular weight is 363 g/mol. The number of nitrogens with one attached hydrogen (secondary N) is 1. The fourth-order valence-corrected chi connectivity index (χ4v) is 4.76. The van der Waals surface area contributed by atoms with Gasteiger partial charge in [0.15, 0.2) is 9.84 Å². The summed E-state index contributed by atoms with van der Waals surface area (Å²) in [6, 6.07) is 5.17. The van der Waals surface area contributed by atoms with Crippen molar-refractivity contribution in [1.82, 2.24) is 5.01 Å². The van der Waals surface area contributed by atoms with Crippen LogP contribution in [0.1, 0.15) is 30.4 Å². The predicted molar refractivity (Wildman–Crippen MR) is 95.1 cm³/mol. The highest BCUT2D eigenvalue weighted by Gasteiger charge is 2.37. The van der Waals surface area contributed by atoms with Gasteiger partial charge in [0.25, 0.3) is 5.91 Å². The molecule has 8 heteroatoms. The van der Waals surface area contributed by atoms with E-state index < -0.39 is 15.9 Å². The summed E-state index contributed by atoms with van der Waals surface area (Å²) in [6.07, 6.45) is 0.782. The second kappa shape index (κ2) is 6.59. The van der Waals surface area contributed by atoms with Crippen molar-refractivity contribution in [3.05, 3.63) is 29.3 Å². The molecule has 3 rings (SSSR count). The van der Waals surface area contributed by atoms with Gasteiger partial charge in [-0.3, -0.25) is 9.59 Å². The Kier molecular flexibility index (Phi) is 4.64. The number of rotatable bonds is 3. The van der Waals surface area contributed by atoms with E-state index in [0.29, 0.717) is 12.1 Å². The summed E-state index contributed by atoms with van der Waals surface area (Å²) in [6.45, 7) is 3.89. The molecule has 7 nitrogen and oxygen atoms in total. The Hall–Kier alpha value is -2.22. The summed E-state index contributed by atoms with van der Waals surface area (Å²) in [7, 11) is -3.13. The number of carbonyl (C=O) groups excluding carboxylic acids is 2. The molecule has 2 aliphatic rings. The van der Waals surface area contributed by atoms with Crippen molar-refractivity contribution in [3.8, 4) is 0 Å². The Morgan fingerprint density at radius 1 is 1.28 bits per heavy atom. The molecule has 134 valence electrons. The highest BCUT2D eigenvalue weighted by Crippen LogP contribution is 2.23. The lowest BCUT2D eigenvalue weighted by Gasteiger charge is -2.27. The SMILES string of the molecule is Cc1cccc(NC(=O)C2=NN(C3CCS(=O)(=O)C3)C(=O)CC2)c1C. The Morgan fingerprint density at radius 3 is 2.72 bits per heavy atom. The van der Waals surface area contributed by atoms with Crippen molar-refractivity contribution in [3.63, 3.8) is 0 Å². The van der Waals surface area contributed by atoms with Gasteiger partial charge in [0, 0.05) is 18.5 Å². The number of carbonyl (C=O) groups is 2. The van der Waals surface area contributed by atoms with Gasteiger partial charge in [0.05, 0.1) is 17.5 Å². The first-order valence-corrected chi connectivity index (χ1v) is 10.1. The van der Waals surface area contributed by atoms with Crippen LogP contribution in [-0.4, -0.2) is 48.5 Å². The van der Waals surface area contributed by atoms with Crippen molar-refractivity contribution in [2.45, 2.75) is 39.2 Å². The number of amides is 2. The normalized spacial score (nSPS) is 22.6. The molecule has 1 N–H and O–H groups in total. The predicted octanol–water partition coefficient (Wildman–Crippen LogP) is 1.41. The van der Waals surface area contributed by atoms with Gasteiger partial charge < -0.3 is 5.32 Å². The maximum Gasteiger partial charge on any atom is 0.271 e. The van der Waals surface area contributed by atoms with Gasteiger partial charge in [-0.05, 0) is 37.5 Å². The maximum atomic E-state index is 12.5. The molecule has 2 aliphatic heterocycles. The minimum Gasteiger partial charge on any atom is -0.321 e. The molecular formula is C17H21N3O4S. The molecule has 2 amide bonds. The van der Waals surface area contributed by atoms with E-state index in [0.717, 1.165) is 11.1 Å². The van der Waals surface area contributed by atoms with E-state index in [1.165, 1.54) is 5.01 Å². The highest BCUT2D eigenvalue weighted by molar-refractivity contribution is 7.91. The number of benzene rings is 1. The Morgan fingerprint density at radius 2 is 2.04 bits per heavy atom. The van der Waals surface area contributed by atoms with Gasteiger partial charge in [-0.25, -0.2) is 13.4 Å². The van der Waals surface area contributed by atoms with Gasteiger partial charge in [-0.2, -0.15) is 5.10 Å². The monoisotopic (exact) mass is 363 g/mol. The maximum absolute atomic E-state index is 12.5. The van der Waals surface area contributed by atoms with Crippen molar-refractivity contribution in [2.24, 2.45) is 5.10 Å². The quantitative estimate of drug-likeness (QED) is 0.878. The van der Waals surface area contributed by atoms with E-state index in [2.05, 4.69) is 10.4 Å². The van der Waals surface area contributed by atoms with E-state index in [9.17, 15) is 18.0 Å². The fourth-order valence-electron chi connectivity index (χ4n) is 3.07. The average Bonchev–Trinajstić information content (AvgIpc) is 2.92. The molecule has 0 bridgehead atoms. The van der Waals surface area contributed by atoms with Crippen molar-refractivity contribution >= 4 is 33.1 Å². The third-order valence-electron chi connectivity index (χ3n) is 4.73. The van der Waals surface area contributed by atoms with Crippen LogP contribution in [0.4, 0.5) is 5.69 Å². The van der Waals surface area contributed by atoms with Gasteiger partial charge >= 0.3 is 0 Å². The second-order valence-corrected chi connectivity index (χ2v) is 8.77. The second-order valence-electron chi connectivity index (χ2n) is 6.54. The first-order valence-electron chi connectivity index (χ1n) is 8.24. The number of sulfone groups is 1. The molecule has 1 aromatic carbocycles. The zero-order valence-electron chi connectivity index (χ0n) is 14.3. The van der Waals surface area contributed by atoms with Crippen LogP contribution >= 0.6 is 0 Å². The summed E-state index contributed by atoms with van der Waals surface area (Å²) in [4.78, 5) is 24.6. The molecule has 1 fully saturated rings. The van der Waals surface area contributed by atoms with E-state index in [4.69, 9.17) is 0 Å². The Bertz CT molecular complexity index is 861. The summed E-state index contributed by atoms with van der Waals surface area (Å²) in [5.41, 5.74) is 3.00. The van der Waals surface area contributed by atoms with Gasteiger partial charge in [-0.15, -0.1) is 0 Å². The Balaban J connectivity index is 1.79. The summed E-state index contributed by atoms with van der Waals surface area (Å²) >= 11 is 0. The number of aryl methyl sites for hydroxylation is 1. The van der Waals surface area contributed by atoms with Crippen LogP contribution in [0, 0.1) is 13.8 Å². The van der Waals surface area contributed by atoms with Crippen LogP contribution < -0.4 is 5.32 Å². The minimum atomic E-state index is -3.13. The number of hydrazone groups is 1. The largest absolute Gasteiger partial charge is 0.321 e. The lowest BCUT2D eigenvalue weighted by atomic mass is 10.1. The summed E-state index contributed by atoms with van der Waals surface area (Å²) < 4.78 is 23.3. The van der Waals surface area contributed by atoms with Crippen molar-refractivity contribution in [2.75, 3.05) is 16.8 Å². The smallest absolute Gasteiger partial charge is 0.271 e. The lowest BCUT2D eigenvalue weighted by Crippen LogP contribution is -2.42. The van der Waals surface area contributed by atoms with Crippen LogP contribution in [0.3, 0.4) is 0 Å². The van der Waals surface area contributed by atoms with Crippen LogP contribution in [0.5, 0.6) is 0 Å². The zero-order chi connectivity index (χ0) is 18.2. The molecule has 1 aromatic rings. The first-order chi connectivity index (χ1) is 11.8. The highest BCUT2D eigenvalue weighted by atomic mass is 32.2. The summed E-state index contributed by atoms with van der Waals surface area (Å²) in [5.74, 6) is -0.618. The lowest BCUT2D eigenvalue weighted by molar-refractivity contribution is -0.133. The molecule has 0 saturated carbocycles. The van der Waals surface area contributed by atoms with E-state index >= 15 is 0 Å². The molecule has 1 unspecified atom stereocenters. The number of nitrogens with zero attached hydrogens (tertiary/aromatic N) is 2. The molecule has 1 atom stereocenters. The van der Waals surface area contributed by atoms with Crippen LogP contribution in [0.2, 0.25) is 0 Å². The van der Waals surface area contributed by atoms with Crippen molar-refractivity contribution in [1.29, 1.82) is 0 Å². The minimum absolute atomic E-state index is 0.0565. The standard InChI is InChI=1S/C17H21N3O4S/c1-11-4-3-5-14(12(11)2)18-17(22)15-6-7-16(21)20(19-15)13-8-9-25(23,24)10-13/h3-5,13H,6-10H2,1-2H3,(H,18,22). The van der Waals surface area contributed by atoms with Crippen LogP contribution in [0.25, 0.3) is 0 Å². The van der Waals surface area contributed by atoms with E-state index in [1.54, 1.807) is 0 Å². The van der Waals surface area contributed by atoms with Crippen LogP contribution in [0.15, 0.2) is 23.3 Å². The van der Waals surface area contributed by atoms with E-state index in [1.807, 2.05) is 32.0 Å². The topological polar surface area (TPSA) is 95.9 Å². The molecule has 0 aromatic heterocycles. The third-order valence-corrected chi connectivity index (χ3v) is 6.48. The molecular weight excluding hydrogens is 342 g/mol. The number of hydrogen-bond donors (Lipinski definition) is 1. The first kappa shape index (κ1) is 17.6. The molecule has 1 saturated heterocycles. The van der Waals surface area contributed by atoms with Crippen molar-refractivity contribution < 1.29 is 18.0 Å². The van der Waals surface area contributed by atoms with Gasteiger partial charge in [0.2, 0.25) is 5.91 Å². The van der Waals surface area contributed by atoms with Crippen LogP contribution in [-0.2, 0) is 19.4 Å².